The minimum atomic E-state index is -4.40. The SMILES string of the molecule is Cc1ccc(S(=O)(=O)N2C(c3ccccc3)C(c3ccccc3)NP2(=O)O)cc1. The molecule has 6 nitrogen and oxygen atoms in total. The molecule has 0 radical (unpaired) electrons. The molecule has 3 unspecified atom stereocenters. The molecule has 1 saturated heterocycles. The average Bonchev–Trinajstić information content (AvgIpc) is 3.01. The molecule has 150 valence electrons. The molecule has 1 aliphatic heterocycles. The molecule has 1 heterocycles. The second-order valence-electron chi connectivity index (χ2n) is 7.01. The Bertz CT molecular complexity index is 1150. The Labute approximate surface area is 170 Å². The summed E-state index contributed by atoms with van der Waals surface area (Å²) >= 11 is 0. The van der Waals surface area contributed by atoms with E-state index in [1.54, 1.807) is 36.4 Å². The standard InChI is InChI=1S/C21H21N2O4PS/c1-16-12-14-19(15-13-16)29(26,27)23-21(18-10-6-3-7-11-18)20(22-28(23,24)25)17-8-4-2-5-9-17/h2-15,20-21H,1H3,(H2,22,24,25). The summed E-state index contributed by atoms with van der Waals surface area (Å²) in [6.07, 6.45) is 0. The van der Waals surface area contributed by atoms with Crippen LogP contribution in [0, 0.1) is 6.92 Å². The van der Waals surface area contributed by atoms with Gasteiger partial charge in [-0.1, -0.05) is 78.4 Å². The lowest BCUT2D eigenvalue weighted by molar-refractivity contribution is 0.391. The van der Waals surface area contributed by atoms with Crippen LogP contribution in [0.1, 0.15) is 28.8 Å². The molecule has 0 aliphatic carbocycles. The van der Waals surface area contributed by atoms with Gasteiger partial charge >= 0.3 is 7.67 Å². The first-order valence-electron chi connectivity index (χ1n) is 9.13. The number of rotatable bonds is 4. The van der Waals surface area contributed by atoms with E-state index in [0.717, 1.165) is 15.2 Å². The lowest BCUT2D eigenvalue weighted by Crippen LogP contribution is -2.29. The van der Waals surface area contributed by atoms with Crippen molar-refractivity contribution in [3.05, 3.63) is 102 Å². The lowest BCUT2D eigenvalue weighted by atomic mass is 9.95. The number of aryl methyl sites for hydroxylation is 1. The van der Waals surface area contributed by atoms with Crippen LogP contribution in [-0.2, 0) is 14.6 Å². The molecule has 0 saturated carbocycles. The van der Waals surface area contributed by atoms with Gasteiger partial charge in [-0.3, -0.25) is 4.57 Å². The summed E-state index contributed by atoms with van der Waals surface area (Å²) in [4.78, 5) is 10.7. The van der Waals surface area contributed by atoms with E-state index in [9.17, 15) is 17.9 Å². The zero-order valence-electron chi connectivity index (χ0n) is 15.7. The van der Waals surface area contributed by atoms with Gasteiger partial charge in [0.1, 0.15) is 0 Å². The first-order chi connectivity index (χ1) is 13.8. The topological polar surface area (TPSA) is 86.7 Å². The van der Waals surface area contributed by atoms with Gasteiger partial charge in [0.25, 0.3) is 10.0 Å². The van der Waals surface area contributed by atoms with Crippen LogP contribution in [0.25, 0.3) is 0 Å². The molecule has 29 heavy (non-hydrogen) atoms. The second kappa shape index (κ2) is 7.52. The number of benzene rings is 3. The van der Waals surface area contributed by atoms with Crippen LogP contribution in [0.15, 0.2) is 89.8 Å². The normalized spacial score (nSPS) is 25.2. The van der Waals surface area contributed by atoms with Gasteiger partial charge in [-0.15, -0.1) is 4.08 Å². The van der Waals surface area contributed by atoms with Crippen molar-refractivity contribution in [3.63, 3.8) is 0 Å². The highest BCUT2D eigenvalue weighted by atomic mass is 32.2. The van der Waals surface area contributed by atoms with Gasteiger partial charge in [0, 0.05) is 0 Å². The third kappa shape index (κ3) is 3.68. The van der Waals surface area contributed by atoms with Crippen LogP contribution < -0.4 is 5.09 Å². The number of nitrogens with one attached hydrogen (secondary N) is 1. The smallest absolute Gasteiger partial charge is 0.321 e. The summed E-state index contributed by atoms with van der Waals surface area (Å²) in [5.74, 6) is 0. The van der Waals surface area contributed by atoms with Crippen molar-refractivity contribution in [2.75, 3.05) is 0 Å². The van der Waals surface area contributed by atoms with E-state index in [0.29, 0.717) is 5.56 Å². The average molecular weight is 428 g/mol. The lowest BCUT2D eigenvalue weighted by Gasteiger charge is -2.27. The Hall–Kier alpha value is -2.28. The van der Waals surface area contributed by atoms with Gasteiger partial charge in [0.05, 0.1) is 17.0 Å². The molecule has 2 N–H and O–H groups in total. The Balaban J connectivity index is 1.90. The van der Waals surface area contributed by atoms with Crippen molar-refractivity contribution >= 4 is 17.7 Å². The van der Waals surface area contributed by atoms with Crippen molar-refractivity contribution in [1.82, 2.24) is 9.16 Å². The van der Waals surface area contributed by atoms with Crippen LogP contribution in [0.5, 0.6) is 0 Å². The Morgan fingerprint density at radius 3 is 1.93 bits per heavy atom. The van der Waals surface area contributed by atoms with Crippen LogP contribution >= 0.6 is 7.67 Å². The maximum Gasteiger partial charge on any atom is 0.355 e. The van der Waals surface area contributed by atoms with Gasteiger partial charge in [0.15, 0.2) is 0 Å². The minimum Gasteiger partial charge on any atom is -0.321 e. The first kappa shape index (κ1) is 20.0. The van der Waals surface area contributed by atoms with Crippen LogP contribution in [-0.4, -0.2) is 17.4 Å². The van der Waals surface area contributed by atoms with Crippen molar-refractivity contribution in [1.29, 1.82) is 0 Å². The Kier molecular flexibility index (Phi) is 5.19. The first-order valence-corrected chi connectivity index (χ1v) is 12.2. The van der Waals surface area contributed by atoms with E-state index in [4.69, 9.17) is 0 Å². The van der Waals surface area contributed by atoms with Gasteiger partial charge < -0.3 is 4.89 Å². The van der Waals surface area contributed by atoms with Gasteiger partial charge in [-0.2, -0.15) is 0 Å². The van der Waals surface area contributed by atoms with Crippen molar-refractivity contribution < 1.29 is 17.9 Å². The minimum absolute atomic E-state index is 0.0196. The third-order valence-electron chi connectivity index (χ3n) is 4.99. The van der Waals surface area contributed by atoms with E-state index in [1.807, 2.05) is 43.3 Å². The highest BCUT2D eigenvalue weighted by Gasteiger charge is 2.55. The summed E-state index contributed by atoms with van der Waals surface area (Å²) in [6.45, 7) is 1.85. The van der Waals surface area contributed by atoms with Crippen molar-refractivity contribution in [2.45, 2.75) is 23.9 Å². The third-order valence-corrected chi connectivity index (χ3v) is 9.29. The van der Waals surface area contributed by atoms with E-state index in [1.165, 1.54) is 12.1 Å². The largest absolute Gasteiger partial charge is 0.355 e. The maximum absolute atomic E-state index is 13.5. The second-order valence-corrected chi connectivity index (χ2v) is 10.9. The van der Waals surface area contributed by atoms with Gasteiger partial charge in [0.2, 0.25) is 0 Å². The Morgan fingerprint density at radius 2 is 1.38 bits per heavy atom. The molecule has 3 atom stereocenters. The molecule has 3 aromatic carbocycles. The monoisotopic (exact) mass is 428 g/mol. The number of sulfonamides is 1. The number of hydrogen-bond donors (Lipinski definition) is 2. The summed E-state index contributed by atoms with van der Waals surface area (Å²) < 4.78 is 40.9. The molecular weight excluding hydrogens is 407 g/mol. The molecule has 0 spiro atoms. The van der Waals surface area contributed by atoms with E-state index in [2.05, 4.69) is 5.09 Å². The van der Waals surface area contributed by atoms with Crippen molar-refractivity contribution in [2.24, 2.45) is 0 Å². The molecule has 0 amide bonds. The molecular formula is C21H21N2O4PS. The molecule has 1 aliphatic rings. The predicted octanol–water partition coefficient (Wildman–Crippen LogP) is 4.17. The molecule has 1 fully saturated rings. The summed E-state index contributed by atoms with van der Waals surface area (Å²) in [5.41, 5.74) is 2.27. The molecule has 0 bridgehead atoms. The van der Waals surface area contributed by atoms with Crippen LogP contribution in [0.3, 0.4) is 0 Å². The molecule has 4 rings (SSSR count). The van der Waals surface area contributed by atoms with Gasteiger partial charge in [-0.25, -0.2) is 13.5 Å². The zero-order valence-corrected chi connectivity index (χ0v) is 17.4. The Morgan fingerprint density at radius 1 is 0.862 bits per heavy atom. The van der Waals surface area contributed by atoms with E-state index >= 15 is 0 Å². The summed E-state index contributed by atoms with van der Waals surface area (Å²) in [6, 6.07) is 22.8. The highest BCUT2D eigenvalue weighted by molar-refractivity contribution is 7.94. The highest BCUT2D eigenvalue weighted by Crippen LogP contribution is 2.61. The zero-order chi connectivity index (χ0) is 20.6. The van der Waals surface area contributed by atoms with E-state index < -0.39 is 29.8 Å². The molecule has 8 heteroatoms. The summed E-state index contributed by atoms with van der Waals surface area (Å²) in [5, 5.41) is 2.69. The number of nitrogens with zero attached hydrogens (tertiary/aromatic N) is 1. The van der Waals surface area contributed by atoms with Crippen LogP contribution in [0.4, 0.5) is 0 Å². The fourth-order valence-electron chi connectivity index (χ4n) is 3.61. The van der Waals surface area contributed by atoms with Gasteiger partial charge in [-0.05, 0) is 30.2 Å². The maximum atomic E-state index is 13.5. The summed E-state index contributed by atoms with van der Waals surface area (Å²) in [7, 11) is -8.64. The predicted molar refractivity (Wildman–Crippen MR) is 112 cm³/mol. The fourth-order valence-corrected chi connectivity index (χ4v) is 7.80. The van der Waals surface area contributed by atoms with E-state index in [-0.39, 0.29) is 4.90 Å². The van der Waals surface area contributed by atoms with Crippen LogP contribution in [0.2, 0.25) is 0 Å². The molecule has 0 aromatic heterocycles. The number of hydrogen-bond acceptors (Lipinski definition) is 3. The molecule has 3 aromatic rings. The van der Waals surface area contributed by atoms with Crippen molar-refractivity contribution in [3.8, 4) is 0 Å². The quantitative estimate of drug-likeness (QED) is 0.609. The fraction of sp³-hybridized carbons (Fsp3) is 0.143.